The van der Waals surface area contributed by atoms with Gasteiger partial charge >= 0.3 is 0 Å². The topological polar surface area (TPSA) is 31.4 Å². The Morgan fingerprint density at radius 2 is 2.00 bits per heavy atom. The Hall–Kier alpha value is -2.03. The van der Waals surface area contributed by atoms with Crippen LogP contribution in [0.3, 0.4) is 0 Å². The zero-order chi connectivity index (χ0) is 10.1. The fourth-order valence-corrected chi connectivity index (χ4v) is 1.61. The molecule has 2 aromatic rings. The highest BCUT2D eigenvalue weighted by molar-refractivity contribution is 5.73. The van der Waals surface area contributed by atoms with Crippen molar-refractivity contribution in [2.75, 3.05) is 6.79 Å². The van der Waals surface area contributed by atoms with E-state index in [1.165, 1.54) is 0 Å². The van der Waals surface area contributed by atoms with E-state index in [1.54, 1.807) is 12.4 Å². The molecule has 3 heteroatoms. The summed E-state index contributed by atoms with van der Waals surface area (Å²) in [7, 11) is 0. The van der Waals surface area contributed by atoms with Gasteiger partial charge in [-0.05, 0) is 35.9 Å². The molecule has 73 valence electrons. The van der Waals surface area contributed by atoms with Crippen LogP contribution in [0.25, 0.3) is 11.1 Å². The number of hydrogen-bond acceptors (Lipinski definition) is 3. The van der Waals surface area contributed by atoms with Crippen molar-refractivity contribution in [3.8, 4) is 22.6 Å². The number of benzene rings is 1. The van der Waals surface area contributed by atoms with E-state index in [4.69, 9.17) is 9.47 Å². The number of hydrogen-bond donors (Lipinski definition) is 0. The molecule has 0 saturated heterocycles. The summed E-state index contributed by atoms with van der Waals surface area (Å²) in [5.41, 5.74) is 1.96. The van der Waals surface area contributed by atoms with Crippen LogP contribution in [0.1, 0.15) is 0 Å². The molecule has 0 aliphatic carbocycles. The van der Waals surface area contributed by atoms with E-state index in [0.29, 0.717) is 0 Å². The first-order valence-corrected chi connectivity index (χ1v) is 4.66. The minimum atomic E-state index is 0.283. The minimum Gasteiger partial charge on any atom is -0.454 e. The molecule has 1 aliphatic heterocycles. The predicted octanol–water partition coefficient (Wildman–Crippen LogP) is 2.28. The molecule has 0 spiro atoms. The average Bonchev–Trinajstić information content (AvgIpc) is 2.78. The average molecular weight is 198 g/mol. The molecule has 0 atom stereocenters. The molecular formula is C12H8NO2. The molecule has 1 aromatic carbocycles. The second-order valence-electron chi connectivity index (χ2n) is 3.19. The van der Waals surface area contributed by atoms with Crippen LogP contribution in [0.5, 0.6) is 11.5 Å². The van der Waals surface area contributed by atoms with Crippen LogP contribution in [0, 0.1) is 6.07 Å². The van der Waals surface area contributed by atoms with E-state index in [9.17, 15) is 0 Å². The summed E-state index contributed by atoms with van der Waals surface area (Å²) in [5, 5.41) is 0. The number of rotatable bonds is 1. The van der Waals surface area contributed by atoms with Crippen LogP contribution in [0.2, 0.25) is 0 Å². The number of fused-ring (bicyclic) bond motifs is 1. The van der Waals surface area contributed by atoms with Gasteiger partial charge in [-0.15, -0.1) is 0 Å². The lowest BCUT2D eigenvalue weighted by Crippen LogP contribution is -1.93. The van der Waals surface area contributed by atoms with Crippen LogP contribution in [-0.4, -0.2) is 11.8 Å². The van der Waals surface area contributed by atoms with Gasteiger partial charge in [0, 0.05) is 18.0 Å². The van der Waals surface area contributed by atoms with Crippen LogP contribution in [0.15, 0.2) is 36.7 Å². The Labute approximate surface area is 87.3 Å². The van der Waals surface area contributed by atoms with Crippen LogP contribution in [-0.2, 0) is 0 Å². The second-order valence-corrected chi connectivity index (χ2v) is 3.19. The number of aromatic nitrogens is 1. The zero-order valence-electron chi connectivity index (χ0n) is 7.93. The van der Waals surface area contributed by atoms with E-state index in [1.807, 2.05) is 24.3 Å². The van der Waals surface area contributed by atoms with Gasteiger partial charge in [-0.1, -0.05) is 0 Å². The quantitative estimate of drug-likeness (QED) is 0.704. The largest absolute Gasteiger partial charge is 0.454 e. The minimum absolute atomic E-state index is 0.283. The van der Waals surface area contributed by atoms with Crippen LogP contribution >= 0.6 is 0 Å². The van der Waals surface area contributed by atoms with Gasteiger partial charge in [0.2, 0.25) is 6.79 Å². The third kappa shape index (κ3) is 1.32. The highest BCUT2D eigenvalue weighted by Gasteiger charge is 2.17. The maximum atomic E-state index is 5.41. The Morgan fingerprint density at radius 3 is 2.87 bits per heavy atom. The highest BCUT2D eigenvalue weighted by Crippen LogP contribution is 2.40. The molecule has 0 bridgehead atoms. The van der Waals surface area contributed by atoms with Gasteiger partial charge in [0.15, 0.2) is 11.5 Å². The fourth-order valence-electron chi connectivity index (χ4n) is 1.61. The summed E-state index contributed by atoms with van der Waals surface area (Å²) in [6.45, 7) is 0.283. The van der Waals surface area contributed by atoms with E-state index in [0.717, 1.165) is 22.6 Å². The standard InChI is InChI=1S/C12H8NO2/c1-2-10(9-4-6-13-7-5-9)12-11(3-1)14-8-15-12/h1,3-7H,8H2. The fraction of sp³-hybridized carbons (Fsp3) is 0.0833. The maximum Gasteiger partial charge on any atom is 0.231 e. The van der Waals surface area contributed by atoms with Gasteiger partial charge < -0.3 is 9.47 Å². The predicted molar refractivity (Wildman–Crippen MR) is 54.6 cm³/mol. The van der Waals surface area contributed by atoms with Gasteiger partial charge in [0.1, 0.15) is 0 Å². The first kappa shape index (κ1) is 8.29. The lowest BCUT2D eigenvalue weighted by Gasteiger charge is -2.04. The van der Waals surface area contributed by atoms with E-state index < -0.39 is 0 Å². The second kappa shape index (κ2) is 3.28. The van der Waals surface area contributed by atoms with E-state index in [-0.39, 0.29) is 6.79 Å². The third-order valence-corrected chi connectivity index (χ3v) is 2.30. The Morgan fingerprint density at radius 1 is 1.13 bits per heavy atom. The summed E-state index contributed by atoms with van der Waals surface area (Å²) >= 11 is 0. The monoisotopic (exact) mass is 198 g/mol. The lowest BCUT2D eigenvalue weighted by molar-refractivity contribution is 0.174. The van der Waals surface area contributed by atoms with E-state index >= 15 is 0 Å². The van der Waals surface area contributed by atoms with Gasteiger partial charge in [-0.3, -0.25) is 4.98 Å². The molecule has 2 heterocycles. The summed E-state index contributed by atoms with van der Waals surface area (Å²) < 4.78 is 10.7. The van der Waals surface area contributed by atoms with Crippen molar-refractivity contribution in [3.05, 3.63) is 42.7 Å². The summed E-state index contributed by atoms with van der Waals surface area (Å²) in [6, 6.07) is 10.7. The van der Waals surface area contributed by atoms with Crippen molar-refractivity contribution < 1.29 is 9.47 Å². The Kier molecular flexibility index (Phi) is 1.81. The van der Waals surface area contributed by atoms with Gasteiger partial charge in [0.05, 0.1) is 0 Å². The Balaban J connectivity index is 2.17. The smallest absolute Gasteiger partial charge is 0.231 e. The Bertz CT molecular complexity index is 482. The van der Waals surface area contributed by atoms with Crippen molar-refractivity contribution >= 4 is 0 Å². The van der Waals surface area contributed by atoms with Gasteiger partial charge in [-0.2, -0.15) is 0 Å². The molecule has 1 aliphatic rings. The summed E-state index contributed by atoms with van der Waals surface area (Å²) in [6.07, 6.45) is 3.50. The number of nitrogens with zero attached hydrogens (tertiary/aromatic N) is 1. The van der Waals surface area contributed by atoms with Gasteiger partial charge in [-0.25, -0.2) is 0 Å². The van der Waals surface area contributed by atoms with Crippen LogP contribution in [0.4, 0.5) is 0 Å². The molecule has 0 unspecified atom stereocenters. The molecule has 3 rings (SSSR count). The molecule has 0 fully saturated rings. The number of ether oxygens (including phenoxy) is 2. The molecule has 15 heavy (non-hydrogen) atoms. The molecule has 0 N–H and O–H groups in total. The molecule has 1 radical (unpaired) electrons. The van der Waals surface area contributed by atoms with Crippen molar-refractivity contribution in [2.45, 2.75) is 0 Å². The first-order valence-electron chi connectivity index (χ1n) is 4.66. The first-order chi connectivity index (χ1) is 7.45. The zero-order valence-corrected chi connectivity index (χ0v) is 7.93. The molecule has 3 nitrogen and oxygen atoms in total. The van der Waals surface area contributed by atoms with Crippen molar-refractivity contribution in [1.82, 2.24) is 4.98 Å². The van der Waals surface area contributed by atoms with Crippen LogP contribution < -0.4 is 9.47 Å². The molecular weight excluding hydrogens is 190 g/mol. The normalized spacial score (nSPS) is 12.8. The third-order valence-electron chi connectivity index (χ3n) is 2.30. The molecule has 0 saturated carbocycles. The molecule has 1 aromatic heterocycles. The SMILES string of the molecule is [c]1ccc2c(c1-c1ccncc1)OCO2. The summed E-state index contributed by atoms with van der Waals surface area (Å²) in [5.74, 6) is 1.55. The maximum absolute atomic E-state index is 5.41. The van der Waals surface area contributed by atoms with E-state index in [2.05, 4.69) is 11.1 Å². The molecule has 0 amide bonds. The van der Waals surface area contributed by atoms with Gasteiger partial charge in [0.25, 0.3) is 0 Å². The van der Waals surface area contributed by atoms with Crippen molar-refractivity contribution in [1.29, 1.82) is 0 Å². The lowest BCUT2D eigenvalue weighted by atomic mass is 10.1. The summed E-state index contributed by atoms with van der Waals surface area (Å²) in [4.78, 5) is 3.98. The van der Waals surface area contributed by atoms with Crippen molar-refractivity contribution in [3.63, 3.8) is 0 Å². The number of pyridine rings is 1. The highest BCUT2D eigenvalue weighted by atomic mass is 16.7. The van der Waals surface area contributed by atoms with Crippen molar-refractivity contribution in [2.24, 2.45) is 0 Å².